The van der Waals surface area contributed by atoms with Gasteiger partial charge in [0.05, 0.1) is 23.7 Å². The number of nitrogens with zero attached hydrogens (tertiary/aromatic N) is 5. The maximum absolute atomic E-state index is 12.6. The largest absolute Gasteiger partial charge is 0.343 e. The first-order chi connectivity index (χ1) is 16.0. The van der Waals surface area contributed by atoms with Gasteiger partial charge in [0.25, 0.3) is 5.91 Å². The Morgan fingerprint density at radius 2 is 2.00 bits per heavy atom. The summed E-state index contributed by atoms with van der Waals surface area (Å²) in [4.78, 5) is 31.1. The first-order valence-corrected chi connectivity index (χ1v) is 10.9. The predicted molar refractivity (Wildman–Crippen MR) is 121 cm³/mol. The third kappa shape index (κ3) is 4.09. The Morgan fingerprint density at radius 1 is 1.18 bits per heavy atom. The van der Waals surface area contributed by atoms with Gasteiger partial charge in [-0.25, -0.2) is 0 Å². The third-order valence-electron chi connectivity index (χ3n) is 6.06. The zero-order valence-electron chi connectivity index (χ0n) is 18.5. The van der Waals surface area contributed by atoms with Gasteiger partial charge < -0.3 is 14.7 Å². The predicted octanol–water partition coefficient (Wildman–Crippen LogP) is 2.68. The van der Waals surface area contributed by atoms with E-state index in [1.807, 2.05) is 42.9 Å². The number of aryl methyl sites for hydroxylation is 2. The molecule has 1 aliphatic rings. The second-order valence-electron chi connectivity index (χ2n) is 8.27. The van der Waals surface area contributed by atoms with Crippen LogP contribution in [0.4, 0.5) is 0 Å². The molecule has 2 amide bonds. The van der Waals surface area contributed by atoms with E-state index in [9.17, 15) is 9.59 Å². The fourth-order valence-electron chi connectivity index (χ4n) is 4.24. The average molecular weight is 444 g/mol. The first kappa shape index (κ1) is 20.9. The molecule has 9 nitrogen and oxygen atoms in total. The van der Waals surface area contributed by atoms with Crippen LogP contribution in [0.5, 0.6) is 0 Å². The van der Waals surface area contributed by atoms with Crippen molar-refractivity contribution in [2.75, 3.05) is 19.6 Å². The summed E-state index contributed by atoms with van der Waals surface area (Å²) in [5.41, 5.74) is 3.37. The Balaban J connectivity index is 1.22. The molecule has 1 saturated heterocycles. The van der Waals surface area contributed by atoms with Gasteiger partial charge in [-0.1, -0.05) is 35.5 Å². The number of likely N-dealkylation sites (tertiary alicyclic amines) is 1. The lowest BCUT2D eigenvalue weighted by atomic mass is 10.1. The molecule has 0 radical (unpaired) electrons. The van der Waals surface area contributed by atoms with Crippen LogP contribution in [0, 0.1) is 6.92 Å². The lowest BCUT2D eigenvalue weighted by molar-refractivity contribution is -0.129. The molecule has 9 heteroatoms. The molecule has 2 aromatic heterocycles. The van der Waals surface area contributed by atoms with E-state index in [1.54, 1.807) is 29.2 Å². The average Bonchev–Trinajstić information content (AvgIpc) is 3.57. The monoisotopic (exact) mass is 444 g/mol. The standard InChI is InChI=1S/C24H24N6O3/c1-15-19-9-8-17(12-20(19)29(2)27-15)22-26-24(33-28-22)18-10-11-30(14-18)21(31)13-25-23(32)16-6-4-3-5-7-16/h3-9,12,18H,10-11,13-14H2,1-2H3,(H,25,32). The Kier molecular flexibility index (Phi) is 5.37. The van der Waals surface area contributed by atoms with Crippen LogP contribution < -0.4 is 5.32 Å². The van der Waals surface area contributed by atoms with Crippen molar-refractivity contribution in [3.8, 4) is 11.4 Å². The fourth-order valence-corrected chi connectivity index (χ4v) is 4.24. The van der Waals surface area contributed by atoms with Gasteiger partial charge in [-0.05, 0) is 31.5 Å². The molecular weight excluding hydrogens is 420 g/mol. The lowest BCUT2D eigenvalue weighted by Crippen LogP contribution is -2.39. The van der Waals surface area contributed by atoms with Gasteiger partial charge in [-0.2, -0.15) is 10.1 Å². The van der Waals surface area contributed by atoms with Crippen molar-refractivity contribution < 1.29 is 14.1 Å². The van der Waals surface area contributed by atoms with Crippen LogP contribution in [0.2, 0.25) is 0 Å². The van der Waals surface area contributed by atoms with Crippen LogP contribution in [0.25, 0.3) is 22.3 Å². The Morgan fingerprint density at radius 3 is 2.82 bits per heavy atom. The highest BCUT2D eigenvalue weighted by Gasteiger charge is 2.31. The van der Waals surface area contributed by atoms with Crippen LogP contribution in [0.1, 0.15) is 34.3 Å². The summed E-state index contributed by atoms with van der Waals surface area (Å²) in [6.45, 7) is 3.01. The quantitative estimate of drug-likeness (QED) is 0.507. The maximum atomic E-state index is 12.6. The Bertz CT molecular complexity index is 1330. The van der Waals surface area contributed by atoms with Gasteiger partial charge >= 0.3 is 0 Å². The minimum atomic E-state index is -0.262. The van der Waals surface area contributed by atoms with Crippen LogP contribution in [0.3, 0.4) is 0 Å². The van der Waals surface area contributed by atoms with Crippen LogP contribution in [0.15, 0.2) is 53.1 Å². The summed E-state index contributed by atoms with van der Waals surface area (Å²) in [5, 5.41) is 12.4. The van der Waals surface area contributed by atoms with Gasteiger partial charge in [-0.3, -0.25) is 14.3 Å². The lowest BCUT2D eigenvalue weighted by Gasteiger charge is -2.16. The Labute approximate surface area is 190 Å². The summed E-state index contributed by atoms with van der Waals surface area (Å²) >= 11 is 0. The van der Waals surface area contributed by atoms with Gasteiger partial charge in [0.15, 0.2) is 0 Å². The van der Waals surface area contributed by atoms with E-state index in [2.05, 4.69) is 20.6 Å². The number of hydrogen-bond acceptors (Lipinski definition) is 6. The van der Waals surface area contributed by atoms with Crippen molar-refractivity contribution in [3.63, 3.8) is 0 Å². The summed E-state index contributed by atoms with van der Waals surface area (Å²) in [5.74, 6) is 0.628. The van der Waals surface area contributed by atoms with Crippen LogP contribution in [-0.4, -0.2) is 56.3 Å². The second kappa shape index (κ2) is 8.50. The van der Waals surface area contributed by atoms with E-state index in [1.165, 1.54) is 0 Å². The minimum absolute atomic E-state index is 0.0253. The number of nitrogens with one attached hydrogen (secondary N) is 1. The topological polar surface area (TPSA) is 106 Å². The van der Waals surface area contributed by atoms with Gasteiger partial charge in [0, 0.05) is 36.7 Å². The fraction of sp³-hybridized carbons (Fsp3) is 0.292. The summed E-state index contributed by atoms with van der Waals surface area (Å²) < 4.78 is 7.38. The summed E-state index contributed by atoms with van der Waals surface area (Å²) in [6, 6.07) is 14.8. The van der Waals surface area contributed by atoms with Crippen molar-refractivity contribution in [2.45, 2.75) is 19.3 Å². The molecule has 1 aliphatic heterocycles. The molecule has 0 bridgehead atoms. The van der Waals surface area contributed by atoms with Crippen molar-refractivity contribution in [1.29, 1.82) is 0 Å². The van der Waals surface area contributed by atoms with Crippen LogP contribution in [-0.2, 0) is 11.8 Å². The molecule has 33 heavy (non-hydrogen) atoms. The molecule has 1 N–H and O–H groups in total. The molecule has 1 fully saturated rings. The number of rotatable bonds is 5. The van der Waals surface area contributed by atoms with E-state index >= 15 is 0 Å². The molecule has 4 aromatic rings. The number of hydrogen-bond donors (Lipinski definition) is 1. The zero-order chi connectivity index (χ0) is 22.9. The highest BCUT2D eigenvalue weighted by Crippen LogP contribution is 2.29. The minimum Gasteiger partial charge on any atom is -0.343 e. The number of carbonyl (C=O) groups excluding carboxylic acids is 2. The molecule has 168 valence electrons. The smallest absolute Gasteiger partial charge is 0.251 e. The maximum Gasteiger partial charge on any atom is 0.251 e. The molecule has 1 atom stereocenters. The van der Waals surface area contributed by atoms with Crippen molar-refractivity contribution in [2.24, 2.45) is 7.05 Å². The van der Waals surface area contributed by atoms with Gasteiger partial charge in [0.1, 0.15) is 0 Å². The number of benzene rings is 2. The molecule has 2 aromatic carbocycles. The van der Waals surface area contributed by atoms with Crippen molar-refractivity contribution >= 4 is 22.7 Å². The van der Waals surface area contributed by atoms with E-state index in [-0.39, 0.29) is 24.3 Å². The SMILES string of the molecule is Cc1nn(C)c2cc(-c3noc(C4CCN(C(=O)CNC(=O)c5ccccc5)C4)n3)ccc12. The molecular formula is C24H24N6O3. The third-order valence-corrected chi connectivity index (χ3v) is 6.06. The molecule has 0 aliphatic carbocycles. The van der Waals surface area contributed by atoms with Crippen molar-refractivity contribution in [1.82, 2.24) is 30.1 Å². The van der Waals surface area contributed by atoms with E-state index in [0.29, 0.717) is 30.4 Å². The van der Waals surface area contributed by atoms with E-state index in [4.69, 9.17) is 4.52 Å². The van der Waals surface area contributed by atoms with Gasteiger partial charge in [-0.15, -0.1) is 0 Å². The van der Waals surface area contributed by atoms with Crippen LogP contribution >= 0.6 is 0 Å². The highest BCUT2D eigenvalue weighted by atomic mass is 16.5. The molecule has 0 spiro atoms. The number of amides is 2. The normalized spacial score (nSPS) is 15.8. The molecule has 5 rings (SSSR count). The number of aromatic nitrogens is 4. The van der Waals surface area contributed by atoms with Crippen molar-refractivity contribution in [3.05, 3.63) is 65.7 Å². The van der Waals surface area contributed by atoms with Gasteiger partial charge in [0.2, 0.25) is 17.6 Å². The number of fused-ring (bicyclic) bond motifs is 1. The molecule has 1 unspecified atom stereocenters. The first-order valence-electron chi connectivity index (χ1n) is 10.9. The number of carbonyl (C=O) groups is 2. The van der Waals surface area contributed by atoms with E-state index in [0.717, 1.165) is 28.6 Å². The highest BCUT2D eigenvalue weighted by molar-refractivity contribution is 5.96. The summed E-state index contributed by atoms with van der Waals surface area (Å²) in [6.07, 6.45) is 0.736. The molecule has 0 saturated carbocycles. The second-order valence-corrected chi connectivity index (χ2v) is 8.27. The van der Waals surface area contributed by atoms with E-state index < -0.39 is 0 Å². The summed E-state index contributed by atoms with van der Waals surface area (Å²) in [7, 11) is 1.91. The molecule has 3 heterocycles. The Hall–Kier alpha value is -4.01. The zero-order valence-corrected chi connectivity index (χ0v) is 18.5.